The maximum atomic E-state index is 14.4. The number of aromatic nitrogens is 2. The summed E-state index contributed by atoms with van der Waals surface area (Å²) in [4.78, 5) is 19.1. The van der Waals surface area contributed by atoms with Crippen LogP contribution in [0.4, 0.5) is 4.39 Å². The van der Waals surface area contributed by atoms with E-state index < -0.39 is 21.6 Å². The third kappa shape index (κ3) is 5.71. The Morgan fingerprint density at radius 1 is 0.917 bits per heavy atom. The number of rotatable bonds is 9. The minimum Gasteiger partial charge on any atom is -0.330 e. The van der Waals surface area contributed by atoms with E-state index >= 15 is 0 Å². The van der Waals surface area contributed by atoms with Crippen LogP contribution in [0.1, 0.15) is 41.0 Å². The molecular weight excluding hydrogens is 477 g/mol. The van der Waals surface area contributed by atoms with Crippen molar-refractivity contribution in [1.82, 2.24) is 14.5 Å². The molecule has 3 aromatic carbocycles. The van der Waals surface area contributed by atoms with Crippen molar-refractivity contribution in [3.8, 4) is 0 Å². The second-order valence-electron chi connectivity index (χ2n) is 8.86. The van der Waals surface area contributed by atoms with Gasteiger partial charge in [-0.15, -0.1) is 0 Å². The monoisotopic (exact) mass is 505 g/mol. The summed E-state index contributed by atoms with van der Waals surface area (Å²) < 4.78 is 42.9. The van der Waals surface area contributed by atoms with Crippen molar-refractivity contribution in [1.29, 1.82) is 0 Å². The van der Waals surface area contributed by atoms with Gasteiger partial charge in [-0.05, 0) is 37.1 Å². The van der Waals surface area contributed by atoms with Crippen LogP contribution in [0.2, 0.25) is 0 Å². The van der Waals surface area contributed by atoms with Crippen LogP contribution in [-0.2, 0) is 28.7 Å². The average molecular weight is 506 g/mol. The fourth-order valence-electron chi connectivity index (χ4n) is 4.01. The van der Waals surface area contributed by atoms with E-state index in [0.717, 1.165) is 5.56 Å². The molecule has 0 unspecified atom stereocenters. The van der Waals surface area contributed by atoms with Gasteiger partial charge in [-0.2, -0.15) is 0 Å². The molecule has 1 amide bonds. The Labute approximate surface area is 211 Å². The summed E-state index contributed by atoms with van der Waals surface area (Å²) in [5.74, 6) is -1.26. The molecule has 0 aliphatic heterocycles. The topological polar surface area (TPSA) is 72.3 Å². The highest BCUT2D eigenvalue weighted by molar-refractivity contribution is 7.90. The molecule has 0 N–H and O–H groups in total. The van der Waals surface area contributed by atoms with Crippen LogP contribution >= 0.6 is 0 Å². The lowest BCUT2D eigenvalue weighted by molar-refractivity contribution is 0.0680. The summed E-state index contributed by atoms with van der Waals surface area (Å²) in [5.41, 5.74) is 2.07. The number of hydrogen-bond acceptors (Lipinski definition) is 4. The summed E-state index contributed by atoms with van der Waals surface area (Å²) in [5, 5.41) is -0.0627. The first-order valence-electron chi connectivity index (χ1n) is 11.7. The van der Waals surface area contributed by atoms with Crippen LogP contribution in [0.3, 0.4) is 0 Å². The summed E-state index contributed by atoms with van der Waals surface area (Å²) in [6.45, 7) is 4.01. The molecule has 0 aliphatic rings. The van der Waals surface area contributed by atoms with E-state index in [0.29, 0.717) is 11.3 Å². The molecule has 0 aliphatic carbocycles. The first-order valence-corrected chi connectivity index (χ1v) is 13.3. The van der Waals surface area contributed by atoms with Crippen molar-refractivity contribution in [2.24, 2.45) is 0 Å². The van der Waals surface area contributed by atoms with Crippen LogP contribution in [0.15, 0.2) is 96.3 Å². The zero-order valence-electron chi connectivity index (χ0n) is 20.2. The molecule has 0 saturated heterocycles. The van der Waals surface area contributed by atoms with Gasteiger partial charge in [-0.1, -0.05) is 72.8 Å². The molecule has 1 heterocycles. The van der Waals surface area contributed by atoms with Gasteiger partial charge < -0.3 is 9.47 Å². The summed E-state index contributed by atoms with van der Waals surface area (Å²) in [7, 11) is -3.79. The maximum absolute atomic E-state index is 14.4. The van der Waals surface area contributed by atoms with Gasteiger partial charge >= 0.3 is 0 Å². The Morgan fingerprint density at radius 3 is 2.11 bits per heavy atom. The molecule has 36 heavy (non-hydrogen) atoms. The number of carbonyl (C=O) groups excluding carboxylic acids is 1. The standard InChI is InChI=1S/C28H28FN3O3S/c1-21(2)31(27(33)25-15-9-10-16-26(25)29)19-24-17-30-28(32(24)18-22-11-5-3-6-12-22)36(34,35)20-23-13-7-4-8-14-23/h3-17,21H,18-20H2,1-2H3. The molecule has 0 spiro atoms. The Kier molecular flexibility index (Phi) is 7.64. The molecule has 1 aromatic heterocycles. The molecule has 0 atom stereocenters. The van der Waals surface area contributed by atoms with Crippen LogP contribution in [0, 0.1) is 5.82 Å². The average Bonchev–Trinajstić information content (AvgIpc) is 3.26. The zero-order chi connectivity index (χ0) is 25.7. The van der Waals surface area contributed by atoms with Gasteiger partial charge in [0.15, 0.2) is 0 Å². The van der Waals surface area contributed by atoms with Crippen molar-refractivity contribution >= 4 is 15.7 Å². The van der Waals surface area contributed by atoms with E-state index in [1.165, 1.54) is 29.3 Å². The number of carbonyl (C=O) groups is 1. The molecule has 6 nitrogen and oxygen atoms in total. The highest BCUT2D eigenvalue weighted by atomic mass is 32.2. The predicted molar refractivity (Wildman–Crippen MR) is 137 cm³/mol. The number of nitrogens with zero attached hydrogens (tertiary/aromatic N) is 3. The van der Waals surface area contributed by atoms with Crippen LogP contribution in [0.25, 0.3) is 0 Å². The zero-order valence-corrected chi connectivity index (χ0v) is 21.0. The van der Waals surface area contributed by atoms with Crippen LogP contribution in [-0.4, -0.2) is 34.8 Å². The molecule has 186 valence electrons. The predicted octanol–water partition coefficient (Wildman–Crippen LogP) is 5.10. The van der Waals surface area contributed by atoms with E-state index in [4.69, 9.17) is 0 Å². The third-order valence-corrected chi connectivity index (χ3v) is 7.48. The Balaban J connectivity index is 1.73. The lowest BCUT2D eigenvalue weighted by atomic mass is 10.1. The van der Waals surface area contributed by atoms with E-state index in [-0.39, 0.29) is 35.6 Å². The van der Waals surface area contributed by atoms with Gasteiger partial charge in [0, 0.05) is 6.04 Å². The fourth-order valence-corrected chi connectivity index (χ4v) is 5.50. The van der Waals surface area contributed by atoms with E-state index in [1.54, 1.807) is 34.9 Å². The van der Waals surface area contributed by atoms with Crippen LogP contribution < -0.4 is 0 Å². The number of imidazole rings is 1. The number of hydrogen-bond donors (Lipinski definition) is 0. The molecule has 0 bridgehead atoms. The number of sulfone groups is 1. The fraction of sp³-hybridized carbons (Fsp3) is 0.214. The first-order chi connectivity index (χ1) is 17.3. The van der Waals surface area contributed by atoms with Crippen molar-refractivity contribution < 1.29 is 17.6 Å². The smallest absolute Gasteiger partial charge is 0.257 e. The Hall–Kier alpha value is -3.78. The van der Waals surface area contributed by atoms with Crippen molar-refractivity contribution in [3.05, 3.63) is 119 Å². The van der Waals surface area contributed by atoms with Crippen LogP contribution in [0.5, 0.6) is 0 Å². The maximum Gasteiger partial charge on any atom is 0.257 e. The SMILES string of the molecule is CC(C)N(Cc1cnc(S(=O)(=O)Cc2ccccc2)n1Cc1ccccc1)C(=O)c1ccccc1F. The Bertz CT molecular complexity index is 1440. The normalized spacial score (nSPS) is 11.6. The van der Waals surface area contributed by atoms with Crippen molar-refractivity contribution in [2.75, 3.05) is 0 Å². The first kappa shape index (κ1) is 25.3. The van der Waals surface area contributed by atoms with Crippen molar-refractivity contribution in [2.45, 2.75) is 43.9 Å². The highest BCUT2D eigenvalue weighted by Crippen LogP contribution is 2.22. The molecule has 0 saturated carbocycles. The number of halogens is 1. The van der Waals surface area contributed by atoms with Gasteiger partial charge in [0.1, 0.15) is 5.82 Å². The summed E-state index contributed by atoms with van der Waals surface area (Å²) >= 11 is 0. The Morgan fingerprint density at radius 2 is 1.50 bits per heavy atom. The lowest BCUT2D eigenvalue weighted by Crippen LogP contribution is -2.37. The van der Waals surface area contributed by atoms with E-state index in [1.807, 2.05) is 50.2 Å². The van der Waals surface area contributed by atoms with Gasteiger partial charge in [0.05, 0.1) is 36.3 Å². The molecule has 4 aromatic rings. The molecule has 8 heteroatoms. The molecular formula is C28H28FN3O3S. The summed E-state index contributed by atoms with van der Waals surface area (Å²) in [6, 6.07) is 24.0. The second-order valence-corrected chi connectivity index (χ2v) is 10.7. The number of amides is 1. The van der Waals surface area contributed by atoms with E-state index in [2.05, 4.69) is 4.98 Å². The third-order valence-electron chi connectivity index (χ3n) is 5.88. The lowest BCUT2D eigenvalue weighted by Gasteiger charge is -2.27. The van der Waals surface area contributed by atoms with Gasteiger partial charge in [-0.25, -0.2) is 17.8 Å². The number of benzene rings is 3. The minimum absolute atomic E-state index is 0.0303. The van der Waals surface area contributed by atoms with Gasteiger partial charge in [-0.3, -0.25) is 4.79 Å². The van der Waals surface area contributed by atoms with Gasteiger partial charge in [0.25, 0.3) is 5.91 Å². The largest absolute Gasteiger partial charge is 0.330 e. The van der Waals surface area contributed by atoms with Gasteiger partial charge in [0.2, 0.25) is 15.0 Å². The summed E-state index contributed by atoms with van der Waals surface area (Å²) in [6.07, 6.45) is 1.49. The molecule has 4 rings (SSSR count). The molecule has 0 fully saturated rings. The quantitative estimate of drug-likeness (QED) is 0.318. The minimum atomic E-state index is -3.79. The highest BCUT2D eigenvalue weighted by Gasteiger charge is 2.27. The van der Waals surface area contributed by atoms with E-state index in [9.17, 15) is 17.6 Å². The second kappa shape index (κ2) is 10.9. The van der Waals surface area contributed by atoms with Crippen molar-refractivity contribution in [3.63, 3.8) is 0 Å². The molecule has 0 radical (unpaired) electrons.